The molecule has 3 rings (SSSR count). The van der Waals surface area contributed by atoms with Crippen LogP contribution in [0.1, 0.15) is 6.92 Å². The summed E-state index contributed by atoms with van der Waals surface area (Å²) < 4.78 is 30.7. The molecule has 0 saturated carbocycles. The van der Waals surface area contributed by atoms with E-state index < -0.39 is 16.1 Å². The first-order chi connectivity index (χ1) is 12.8. The molecule has 0 aliphatic rings. The summed E-state index contributed by atoms with van der Waals surface area (Å²) in [6.07, 6.45) is 0.374. The summed E-state index contributed by atoms with van der Waals surface area (Å²) >= 11 is 0. The van der Waals surface area contributed by atoms with Gasteiger partial charge in [0.15, 0.2) is 6.10 Å². The zero-order valence-electron chi connectivity index (χ0n) is 15.0. The fourth-order valence-corrected chi connectivity index (χ4v) is 3.19. The monoisotopic (exact) mass is 384 g/mol. The molecule has 3 aromatic carbocycles. The van der Waals surface area contributed by atoms with Crippen LogP contribution in [0.5, 0.6) is 5.75 Å². The highest BCUT2D eigenvalue weighted by Gasteiger charge is 2.16. The van der Waals surface area contributed by atoms with Gasteiger partial charge in [-0.25, -0.2) is 8.42 Å². The predicted molar refractivity (Wildman–Crippen MR) is 108 cm³/mol. The number of hydrogen-bond acceptors (Lipinski definition) is 4. The van der Waals surface area contributed by atoms with Gasteiger partial charge in [0.05, 0.1) is 6.26 Å². The molecule has 0 spiro atoms. The van der Waals surface area contributed by atoms with Gasteiger partial charge in [-0.2, -0.15) is 0 Å². The predicted octanol–water partition coefficient (Wildman–Crippen LogP) is 3.62. The van der Waals surface area contributed by atoms with Gasteiger partial charge >= 0.3 is 0 Å². The molecule has 1 unspecified atom stereocenters. The standard InChI is InChI=1S/C20H20N2O4S/c1-14(26-19-9-5-7-15-6-3-4-8-18(15)19)20(23)21-16-10-12-17(13-11-16)22-27(2,24)25/h3-14,22H,1-2H3,(H,21,23). The lowest BCUT2D eigenvalue weighted by molar-refractivity contribution is -0.122. The zero-order chi connectivity index (χ0) is 19.4. The normalized spacial score (nSPS) is 12.4. The third kappa shape index (κ3) is 4.98. The van der Waals surface area contributed by atoms with Crippen LogP contribution in [0.15, 0.2) is 66.7 Å². The highest BCUT2D eigenvalue weighted by molar-refractivity contribution is 7.92. The Labute approximate surface area is 158 Å². The van der Waals surface area contributed by atoms with Crippen molar-refractivity contribution in [1.29, 1.82) is 0 Å². The highest BCUT2D eigenvalue weighted by atomic mass is 32.2. The van der Waals surface area contributed by atoms with Crippen LogP contribution in [0.2, 0.25) is 0 Å². The number of nitrogens with one attached hydrogen (secondary N) is 2. The molecular weight excluding hydrogens is 364 g/mol. The third-order valence-electron chi connectivity index (χ3n) is 3.88. The van der Waals surface area contributed by atoms with Gasteiger partial charge in [-0.1, -0.05) is 36.4 Å². The Morgan fingerprint density at radius 1 is 0.926 bits per heavy atom. The summed E-state index contributed by atoms with van der Waals surface area (Å²) in [5.41, 5.74) is 0.975. The summed E-state index contributed by atoms with van der Waals surface area (Å²) in [6, 6.07) is 19.9. The van der Waals surface area contributed by atoms with E-state index >= 15 is 0 Å². The van der Waals surface area contributed by atoms with Gasteiger partial charge in [0.25, 0.3) is 5.91 Å². The van der Waals surface area contributed by atoms with Crippen molar-refractivity contribution in [3.8, 4) is 5.75 Å². The van der Waals surface area contributed by atoms with E-state index in [1.807, 2.05) is 42.5 Å². The Kier molecular flexibility index (Phi) is 5.32. The summed E-state index contributed by atoms with van der Waals surface area (Å²) in [6.45, 7) is 1.68. The van der Waals surface area contributed by atoms with Crippen LogP contribution >= 0.6 is 0 Å². The van der Waals surface area contributed by atoms with Crippen LogP contribution in [0.25, 0.3) is 10.8 Å². The molecule has 140 valence electrons. The van der Waals surface area contributed by atoms with Crippen LogP contribution in [-0.4, -0.2) is 26.7 Å². The van der Waals surface area contributed by atoms with Crippen molar-refractivity contribution in [2.45, 2.75) is 13.0 Å². The van der Waals surface area contributed by atoms with Gasteiger partial charge < -0.3 is 10.1 Å². The molecule has 1 atom stereocenters. The van der Waals surface area contributed by atoms with Crippen molar-refractivity contribution in [2.24, 2.45) is 0 Å². The van der Waals surface area contributed by atoms with E-state index in [-0.39, 0.29) is 5.91 Å². The van der Waals surface area contributed by atoms with E-state index in [2.05, 4.69) is 10.0 Å². The maximum absolute atomic E-state index is 12.4. The molecule has 0 bridgehead atoms. The molecule has 0 aliphatic heterocycles. The maximum atomic E-state index is 12.4. The summed E-state index contributed by atoms with van der Waals surface area (Å²) in [4.78, 5) is 12.4. The van der Waals surface area contributed by atoms with Crippen LogP contribution in [0.3, 0.4) is 0 Å². The van der Waals surface area contributed by atoms with Crippen LogP contribution < -0.4 is 14.8 Å². The molecule has 0 saturated heterocycles. The summed E-state index contributed by atoms with van der Waals surface area (Å²) in [5.74, 6) is 0.343. The van der Waals surface area contributed by atoms with Crippen LogP contribution in [0, 0.1) is 0 Å². The number of anilines is 2. The first-order valence-electron chi connectivity index (χ1n) is 8.35. The van der Waals surface area contributed by atoms with E-state index in [0.29, 0.717) is 17.1 Å². The van der Waals surface area contributed by atoms with Gasteiger partial charge in [-0.3, -0.25) is 9.52 Å². The first-order valence-corrected chi connectivity index (χ1v) is 10.2. The average molecular weight is 384 g/mol. The number of ether oxygens (including phenoxy) is 1. The molecule has 0 aromatic heterocycles. The minimum atomic E-state index is -3.34. The zero-order valence-corrected chi connectivity index (χ0v) is 15.8. The number of benzene rings is 3. The fourth-order valence-electron chi connectivity index (χ4n) is 2.62. The van der Waals surface area contributed by atoms with Crippen molar-refractivity contribution in [3.63, 3.8) is 0 Å². The Morgan fingerprint density at radius 2 is 1.56 bits per heavy atom. The van der Waals surface area contributed by atoms with Gasteiger partial charge in [0.1, 0.15) is 5.75 Å². The number of rotatable bonds is 6. The van der Waals surface area contributed by atoms with Gasteiger partial charge in [-0.05, 0) is 42.6 Å². The first kappa shape index (κ1) is 18.7. The van der Waals surface area contributed by atoms with E-state index in [4.69, 9.17) is 4.74 Å². The van der Waals surface area contributed by atoms with E-state index in [0.717, 1.165) is 17.0 Å². The number of fused-ring (bicyclic) bond motifs is 1. The van der Waals surface area contributed by atoms with E-state index in [1.165, 1.54) is 0 Å². The van der Waals surface area contributed by atoms with Gasteiger partial charge in [-0.15, -0.1) is 0 Å². The lowest BCUT2D eigenvalue weighted by Gasteiger charge is -2.16. The third-order valence-corrected chi connectivity index (χ3v) is 4.48. The molecule has 27 heavy (non-hydrogen) atoms. The topological polar surface area (TPSA) is 84.5 Å². The largest absolute Gasteiger partial charge is 0.480 e. The molecule has 0 fully saturated rings. The second-order valence-corrected chi connectivity index (χ2v) is 7.93. The summed E-state index contributed by atoms with van der Waals surface area (Å²) in [5, 5.41) is 4.74. The lowest BCUT2D eigenvalue weighted by atomic mass is 10.1. The SMILES string of the molecule is CC(Oc1cccc2ccccc12)C(=O)Nc1ccc(NS(C)(=O)=O)cc1. The van der Waals surface area contributed by atoms with Gasteiger partial charge in [0, 0.05) is 16.8 Å². The lowest BCUT2D eigenvalue weighted by Crippen LogP contribution is -2.30. The molecule has 1 amide bonds. The molecular formula is C20H20N2O4S. The van der Waals surface area contributed by atoms with Gasteiger partial charge in [0.2, 0.25) is 10.0 Å². The van der Waals surface area contributed by atoms with Crippen molar-refractivity contribution < 1.29 is 17.9 Å². The van der Waals surface area contributed by atoms with E-state index in [1.54, 1.807) is 31.2 Å². The molecule has 0 heterocycles. The van der Waals surface area contributed by atoms with Crippen LogP contribution in [0.4, 0.5) is 11.4 Å². The van der Waals surface area contributed by atoms with Crippen LogP contribution in [-0.2, 0) is 14.8 Å². The smallest absolute Gasteiger partial charge is 0.265 e. The molecule has 0 radical (unpaired) electrons. The molecule has 6 nitrogen and oxygen atoms in total. The molecule has 7 heteroatoms. The molecule has 0 aliphatic carbocycles. The second kappa shape index (κ2) is 7.67. The Morgan fingerprint density at radius 3 is 2.26 bits per heavy atom. The number of carbonyl (C=O) groups excluding carboxylic acids is 1. The Balaban J connectivity index is 1.67. The fraction of sp³-hybridized carbons (Fsp3) is 0.150. The van der Waals surface area contributed by atoms with Crippen molar-refractivity contribution in [2.75, 3.05) is 16.3 Å². The van der Waals surface area contributed by atoms with Crippen molar-refractivity contribution >= 4 is 38.1 Å². The Bertz CT molecular complexity index is 1060. The summed E-state index contributed by atoms with van der Waals surface area (Å²) in [7, 11) is -3.34. The number of carbonyl (C=O) groups is 1. The highest BCUT2D eigenvalue weighted by Crippen LogP contribution is 2.26. The Hall–Kier alpha value is -3.06. The average Bonchev–Trinajstić information content (AvgIpc) is 2.62. The minimum Gasteiger partial charge on any atom is -0.480 e. The minimum absolute atomic E-state index is 0.299. The number of sulfonamides is 1. The van der Waals surface area contributed by atoms with Crippen molar-refractivity contribution in [3.05, 3.63) is 66.7 Å². The van der Waals surface area contributed by atoms with E-state index in [9.17, 15) is 13.2 Å². The maximum Gasteiger partial charge on any atom is 0.265 e. The number of amides is 1. The second-order valence-electron chi connectivity index (χ2n) is 6.18. The molecule has 3 aromatic rings. The number of hydrogen-bond donors (Lipinski definition) is 2. The molecule has 2 N–H and O–H groups in total. The quantitative estimate of drug-likeness (QED) is 0.680. The van der Waals surface area contributed by atoms with Crippen molar-refractivity contribution in [1.82, 2.24) is 0 Å².